The van der Waals surface area contributed by atoms with E-state index in [0.29, 0.717) is 6.54 Å². The minimum Gasteiger partial charge on any atom is -0.337 e. The molecule has 1 fully saturated rings. The van der Waals surface area contributed by atoms with Crippen LogP contribution in [0.4, 0.5) is 13.2 Å². The van der Waals surface area contributed by atoms with Gasteiger partial charge in [0.05, 0.1) is 17.4 Å². The van der Waals surface area contributed by atoms with Crippen LogP contribution in [0.2, 0.25) is 0 Å². The van der Waals surface area contributed by atoms with E-state index in [0.717, 1.165) is 29.4 Å². The molecular weight excluding hydrogens is 333 g/mol. The molecule has 0 radical (unpaired) electrons. The Morgan fingerprint density at radius 1 is 1.32 bits per heavy atom. The third-order valence-corrected chi connectivity index (χ3v) is 4.45. The summed E-state index contributed by atoms with van der Waals surface area (Å²) in [6.07, 6.45) is -2.97. The number of rotatable bonds is 3. The van der Waals surface area contributed by atoms with E-state index in [1.165, 1.54) is 11.9 Å². The topological polar surface area (TPSA) is 50.2 Å². The van der Waals surface area contributed by atoms with Crippen molar-refractivity contribution in [3.63, 3.8) is 0 Å². The van der Waals surface area contributed by atoms with Crippen molar-refractivity contribution in [2.75, 3.05) is 20.1 Å². The molecule has 0 spiro atoms. The number of hydrogen-bond donors (Lipinski definition) is 1. The number of likely N-dealkylation sites (N-methyl/N-ethyl adjacent to an activating group) is 1. The predicted octanol–water partition coefficient (Wildman–Crippen LogP) is 2.63. The Morgan fingerprint density at radius 3 is 2.56 bits per heavy atom. The molecule has 0 saturated carbocycles. The lowest BCUT2D eigenvalue weighted by Gasteiger charge is -2.24. The summed E-state index contributed by atoms with van der Waals surface area (Å²) in [5.41, 5.74) is -0.280. The van der Waals surface area contributed by atoms with Crippen molar-refractivity contribution in [3.05, 3.63) is 47.3 Å². The van der Waals surface area contributed by atoms with Crippen LogP contribution < -0.4 is 5.32 Å². The predicted molar refractivity (Wildman–Crippen MR) is 86.7 cm³/mol. The lowest BCUT2D eigenvalue weighted by molar-refractivity contribution is -0.143. The Kier molecular flexibility index (Phi) is 4.55. The summed E-state index contributed by atoms with van der Waals surface area (Å²) in [6.45, 7) is 3.17. The van der Waals surface area contributed by atoms with Crippen molar-refractivity contribution in [2.24, 2.45) is 0 Å². The fourth-order valence-electron chi connectivity index (χ4n) is 2.99. The summed E-state index contributed by atoms with van der Waals surface area (Å²) in [5.74, 6) is -0.667. The van der Waals surface area contributed by atoms with Gasteiger partial charge in [0.15, 0.2) is 5.69 Å². The van der Waals surface area contributed by atoms with Crippen LogP contribution >= 0.6 is 0 Å². The first-order valence-corrected chi connectivity index (χ1v) is 7.99. The molecule has 1 aromatic heterocycles. The van der Waals surface area contributed by atoms with Gasteiger partial charge in [-0.1, -0.05) is 17.7 Å². The highest BCUT2D eigenvalue weighted by Gasteiger charge is 2.41. The first-order valence-electron chi connectivity index (χ1n) is 7.99. The lowest BCUT2D eigenvalue weighted by atomic mass is 10.1. The molecule has 25 heavy (non-hydrogen) atoms. The molecular formula is C17H19F3N4O. The fraction of sp³-hybridized carbons (Fsp3) is 0.412. The average Bonchev–Trinajstić information content (AvgIpc) is 3.23. The van der Waals surface area contributed by atoms with E-state index >= 15 is 0 Å². The highest BCUT2D eigenvalue weighted by Crippen LogP contribution is 2.34. The first-order chi connectivity index (χ1) is 11.8. The van der Waals surface area contributed by atoms with Gasteiger partial charge >= 0.3 is 6.18 Å². The third-order valence-electron chi connectivity index (χ3n) is 4.45. The van der Waals surface area contributed by atoms with Crippen LogP contribution in [0.25, 0.3) is 5.69 Å². The first kappa shape index (κ1) is 17.5. The fourth-order valence-corrected chi connectivity index (χ4v) is 2.99. The van der Waals surface area contributed by atoms with Crippen LogP contribution in [0.3, 0.4) is 0 Å². The molecule has 1 aliphatic rings. The van der Waals surface area contributed by atoms with Crippen LogP contribution in [0, 0.1) is 6.92 Å². The zero-order valence-electron chi connectivity index (χ0n) is 14.0. The number of nitrogens with one attached hydrogen (secondary N) is 1. The van der Waals surface area contributed by atoms with Crippen molar-refractivity contribution in [2.45, 2.75) is 25.6 Å². The number of hydrogen-bond acceptors (Lipinski definition) is 3. The van der Waals surface area contributed by atoms with E-state index in [4.69, 9.17) is 0 Å². The van der Waals surface area contributed by atoms with Gasteiger partial charge in [-0.3, -0.25) is 4.79 Å². The van der Waals surface area contributed by atoms with Crippen molar-refractivity contribution < 1.29 is 18.0 Å². The number of aromatic nitrogens is 2. The molecule has 3 rings (SSSR count). The molecule has 1 amide bonds. The molecule has 2 heterocycles. The lowest BCUT2D eigenvalue weighted by Crippen LogP contribution is -2.39. The Labute approximate surface area is 143 Å². The van der Waals surface area contributed by atoms with Gasteiger partial charge in [0.25, 0.3) is 5.91 Å². The minimum absolute atomic E-state index is 0.115. The van der Waals surface area contributed by atoms with E-state index in [2.05, 4.69) is 10.4 Å². The maximum Gasteiger partial charge on any atom is 0.434 e. The second-order valence-electron chi connectivity index (χ2n) is 6.21. The summed E-state index contributed by atoms with van der Waals surface area (Å²) in [5, 5.41) is 6.95. The number of benzene rings is 1. The molecule has 1 unspecified atom stereocenters. The summed E-state index contributed by atoms with van der Waals surface area (Å²) >= 11 is 0. The van der Waals surface area contributed by atoms with Crippen molar-refractivity contribution >= 4 is 5.91 Å². The number of nitrogens with zero attached hydrogens (tertiary/aromatic N) is 3. The number of carbonyl (C=O) groups excluding carboxylic acids is 1. The summed E-state index contributed by atoms with van der Waals surface area (Å²) < 4.78 is 41.8. The van der Waals surface area contributed by atoms with Crippen LogP contribution in [-0.2, 0) is 6.18 Å². The number of carbonyl (C=O) groups is 1. The van der Waals surface area contributed by atoms with Crippen LogP contribution in [0.5, 0.6) is 0 Å². The molecule has 0 aliphatic carbocycles. The summed E-state index contributed by atoms with van der Waals surface area (Å²) in [6, 6.07) is 6.40. The molecule has 1 atom stereocenters. The van der Waals surface area contributed by atoms with E-state index in [9.17, 15) is 18.0 Å². The summed E-state index contributed by atoms with van der Waals surface area (Å²) in [7, 11) is 1.53. The highest BCUT2D eigenvalue weighted by atomic mass is 19.4. The van der Waals surface area contributed by atoms with Crippen LogP contribution in [0.1, 0.15) is 28.0 Å². The number of halogens is 3. The maximum atomic E-state index is 13.7. The number of aryl methyl sites for hydroxylation is 1. The minimum atomic E-state index is -4.69. The second kappa shape index (κ2) is 6.51. The average molecular weight is 352 g/mol. The van der Waals surface area contributed by atoms with Crippen molar-refractivity contribution in [1.82, 2.24) is 20.0 Å². The Balaban J connectivity index is 2.02. The van der Waals surface area contributed by atoms with Gasteiger partial charge in [-0.15, -0.1) is 0 Å². The SMILES string of the molecule is Cc1ccc(-n2ncc(C(=O)N(C)C3CCNC3)c2C(F)(F)F)cc1. The molecule has 1 N–H and O–H groups in total. The number of amides is 1. The third kappa shape index (κ3) is 3.39. The van der Waals surface area contributed by atoms with Gasteiger partial charge < -0.3 is 10.2 Å². The normalized spacial score (nSPS) is 17.7. The quantitative estimate of drug-likeness (QED) is 0.924. The standard InChI is InChI=1S/C17H19F3N4O/c1-11-3-5-12(6-4-11)24-15(17(18,19)20)14(10-22-24)16(25)23(2)13-7-8-21-9-13/h3-6,10,13,21H,7-9H2,1-2H3. The Morgan fingerprint density at radius 2 is 2.00 bits per heavy atom. The van der Waals surface area contributed by atoms with E-state index in [-0.39, 0.29) is 11.7 Å². The van der Waals surface area contributed by atoms with Gasteiger partial charge in [0, 0.05) is 19.6 Å². The van der Waals surface area contributed by atoms with Gasteiger partial charge in [0.1, 0.15) is 0 Å². The molecule has 1 aliphatic heterocycles. The maximum absolute atomic E-state index is 13.7. The largest absolute Gasteiger partial charge is 0.434 e. The molecule has 1 saturated heterocycles. The Bertz CT molecular complexity index is 761. The second-order valence-corrected chi connectivity index (χ2v) is 6.21. The van der Waals surface area contributed by atoms with Crippen LogP contribution in [-0.4, -0.2) is 46.8 Å². The van der Waals surface area contributed by atoms with Gasteiger partial charge in [-0.25, -0.2) is 4.68 Å². The van der Waals surface area contributed by atoms with Gasteiger partial charge in [0.2, 0.25) is 0 Å². The van der Waals surface area contributed by atoms with Gasteiger partial charge in [-0.05, 0) is 32.0 Å². The van der Waals surface area contributed by atoms with E-state index in [1.54, 1.807) is 24.3 Å². The highest BCUT2D eigenvalue weighted by molar-refractivity contribution is 5.95. The molecule has 134 valence electrons. The van der Waals surface area contributed by atoms with Crippen LogP contribution in [0.15, 0.2) is 30.5 Å². The zero-order chi connectivity index (χ0) is 18.2. The molecule has 8 heteroatoms. The smallest absolute Gasteiger partial charge is 0.337 e. The van der Waals surface area contributed by atoms with Crippen molar-refractivity contribution in [3.8, 4) is 5.69 Å². The van der Waals surface area contributed by atoms with Crippen molar-refractivity contribution in [1.29, 1.82) is 0 Å². The van der Waals surface area contributed by atoms with E-state index in [1.807, 2.05) is 6.92 Å². The zero-order valence-corrected chi connectivity index (χ0v) is 14.0. The van der Waals surface area contributed by atoms with E-state index < -0.39 is 23.3 Å². The summed E-state index contributed by atoms with van der Waals surface area (Å²) in [4.78, 5) is 14.0. The Hall–Kier alpha value is -2.35. The number of alkyl halides is 3. The molecule has 0 bridgehead atoms. The molecule has 2 aromatic rings. The molecule has 1 aromatic carbocycles. The monoisotopic (exact) mass is 352 g/mol. The molecule has 5 nitrogen and oxygen atoms in total. The van der Waals surface area contributed by atoms with Gasteiger partial charge in [-0.2, -0.15) is 18.3 Å².